The fourth-order valence-corrected chi connectivity index (χ4v) is 4.55. The molecule has 0 saturated heterocycles. The summed E-state index contributed by atoms with van der Waals surface area (Å²) in [6, 6.07) is 6.25. The van der Waals surface area contributed by atoms with E-state index in [1.165, 1.54) is 32.1 Å². The number of rotatable bonds is 7. The van der Waals surface area contributed by atoms with Crippen molar-refractivity contribution >= 4 is 17.5 Å². The normalized spacial score (nSPS) is 16.2. The molecule has 0 spiro atoms. The SMILES string of the molecule is CN(CCCNC(=O)Cn1ncc2c1-c1cc(Cl)ccc1OC2)C1CCCCC1. The Morgan fingerprint density at radius 3 is 3.00 bits per heavy atom. The highest BCUT2D eigenvalue weighted by molar-refractivity contribution is 6.31. The molecular formula is C22H29ClN4O2. The van der Waals surface area contributed by atoms with Crippen LogP contribution in [0.5, 0.6) is 5.75 Å². The second-order valence-corrected chi connectivity index (χ2v) is 8.52. The zero-order valence-corrected chi connectivity index (χ0v) is 17.7. The summed E-state index contributed by atoms with van der Waals surface area (Å²) in [5, 5.41) is 8.08. The average Bonchev–Trinajstić information content (AvgIpc) is 3.15. The largest absolute Gasteiger partial charge is 0.488 e. The number of nitrogens with one attached hydrogen (secondary N) is 1. The minimum Gasteiger partial charge on any atom is -0.488 e. The molecule has 29 heavy (non-hydrogen) atoms. The molecule has 1 saturated carbocycles. The first-order chi connectivity index (χ1) is 14.1. The number of ether oxygens (including phenoxy) is 1. The number of benzene rings is 1. The van der Waals surface area contributed by atoms with Crippen molar-refractivity contribution in [1.29, 1.82) is 0 Å². The maximum absolute atomic E-state index is 12.5. The van der Waals surface area contributed by atoms with Crippen molar-refractivity contribution in [3.8, 4) is 17.0 Å². The monoisotopic (exact) mass is 416 g/mol. The van der Waals surface area contributed by atoms with Gasteiger partial charge in [0.15, 0.2) is 0 Å². The van der Waals surface area contributed by atoms with E-state index in [4.69, 9.17) is 16.3 Å². The molecule has 0 atom stereocenters. The van der Waals surface area contributed by atoms with Crippen LogP contribution in [0.25, 0.3) is 11.3 Å². The first-order valence-corrected chi connectivity index (χ1v) is 10.9. The van der Waals surface area contributed by atoms with Crippen LogP contribution in [0.15, 0.2) is 24.4 Å². The molecule has 1 aromatic carbocycles. The van der Waals surface area contributed by atoms with Crippen LogP contribution in [0.4, 0.5) is 0 Å². The van der Waals surface area contributed by atoms with E-state index in [0.717, 1.165) is 35.5 Å². The molecule has 1 aliphatic heterocycles. The van der Waals surface area contributed by atoms with Gasteiger partial charge in [-0.05, 0) is 51.1 Å². The van der Waals surface area contributed by atoms with E-state index in [2.05, 4.69) is 22.4 Å². The number of hydrogen-bond donors (Lipinski definition) is 1. The lowest BCUT2D eigenvalue weighted by Crippen LogP contribution is -2.36. The first-order valence-electron chi connectivity index (χ1n) is 10.6. The third kappa shape index (κ3) is 4.75. The van der Waals surface area contributed by atoms with Gasteiger partial charge < -0.3 is 15.0 Å². The van der Waals surface area contributed by atoms with Crippen molar-refractivity contribution < 1.29 is 9.53 Å². The molecule has 6 nitrogen and oxygen atoms in total. The zero-order chi connectivity index (χ0) is 20.2. The summed E-state index contributed by atoms with van der Waals surface area (Å²) in [4.78, 5) is 14.9. The lowest BCUT2D eigenvalue weighted by molar-refractivity contribution is -0.121. The van der Waals surface area contributed by atoms with E-state index in [9.17, 15) is 4.79 Å². The van der Waals surface area contributed by atoms with Crippen LogP contribution < -0.4 is 10.1 Å². The van der Waals surface area contributed by atoms with Gasteiger partial charge in [-0.15, -0.1) is 0 Å². The molecule has 1 aliphatic carbocycles. The third-order valence-corrected chi connectivity index (χ3v) is 6.23. The highest BCUT2D eigenvalue weighted by atomic mass is 35.5. The van der Waals surface area contributed by atoms with Crippen LogP contribution in [0.3, 0.4) is 0 Å². The summed E-state index contributed by atoms with van der Waals surface area (Å²) in [7, 11) is 2.21. The van der Waals surface area contributed by atoms with Crippen LogP contribution >= 0.6 is 11.6 Å². The van der Waals surface area contributed by atoms with Gasteiger partial charge in [0, 0.05) is 28.7 Å². The number of halogens is 1. The molecule has 2 aromatic rings. The van der Waals surface area contributed by atoms with Gasteiger partial charge in [0.2, 0.25) is 5.91 Å². The van der Waals surface area contributed by atoms with Crippen molar-refractivity contribution in [2.45, 2.75) is 57.7 Å². The standard InChI is InChI=1S/C22H29ClN4O2/c1-26(18-6-3-2-4-7-18)11-5-10-24-21(28)14-27-22-16(13-25-27)15-29-20-9-8-17(23)12-19(20)22/h8-9,12-13,18H,2-7,10-11,14-15H2,1H3,(H,24,28). The van der Waals surface area contributed by atoms with E-state index < -0.39 is 0 Å². The number of carbonyl (C=O) groups is 1. The molecule has 2 aliphatic rings. The maximum atomic E-state index is 12.5. The number of fused-ring (bicyclic) bond motifs is 3. The molecule has 1 N–H and O–H groups in total. The summed E-state index contributed by atoms with van der Waals surface area (Å²) >= 11 is 6.17. The molecule has 0 radical (unpaired) electrons. The Labute approximate surface area is 177 Å². The van der Waals surface area contributed by atoms with E-state index >= 15 is 0 Å². The Morgan fingerprint density at radius 1 is 1.34 bits per heavy atom. The second-order valence-electron chi connectivity index (χ2n) is 8.08. The molecule has 7 heteroatoms. The highest BCUT2D eigenvalue weighted by Gasteiger charge is 2.23. The minimum absolute atomic E-state index is 0.0220. The molecule has 1 aromatic heterocycles. The van der Waals surface area contributed by atoms with E-state index in [1.807, 2.05) is 18.2 Å². The fraction of sp³-hybridized carbons (Fsp3) is 0.545. The predicted octanol–water partition coefficient (Wildman–Crippen LogP) is 3.87. The Kier molecular flexibility index (Phi) is 6.40. The quantitative estimate of drug-likeness (QED) is 0.696. The molecule has 2 heterocycles. The van der Waals surface area contributed by atoms with Crippen molar-refractivity contribution in [2.24, 2.45) is 0 Å². The van der Waals surface area contributed by atoms with Crippen LogP contribution in [0.1, 0.15) is 44.1 Å². The third-order valence-electron chi connectivity index (χ3n) is 6.00. The van der Waals surface area contributed by atoms with Crippen LogP contribution in [0, 0.1) is 0 Å². The van der Waals surface area contributed by atoms with Crippen LogP contribution in [-0.4, -0.2) is 46.8 Å². The number of amides is 1. The van der Waals surface area contributed by atoms with Gasteiger partial charge in [-0.3, -0.25) is 9.48 Å². The van der Waals surface area contributed by atoms with Gasteiger partial charge in [0.05, 0.1) is 11.9 Å². The first kappa shape index (κ1) is 20.2. The predicted molar refractivity (Wildman–Crippen MR) is 114 cm³/mol. The average molecular weight is 417 g/mol. The molecule has 1 amide bonds. The summed E-state index contributed by atoms with van der Waals surface area (Å²) in [6.07, 6.45) is 9.41. The number of aromatic nitrogens is 2. The molecule has 0 unspecified atom stereocenters. The molecule has 156 valence electrons. The zero-order valence-electron chi connectivity index (χ0n) is 17.0. The Hall–Kier alpha value is -2.05. The summed E-state index contributed by atoms with van der Waals surface area (Å²) in [5.41, 5.74) is 2.78. The van der Waals surface area contributed by atoms with Gasteiger partial charge in [0.25, 0.3) is 0 Å². The van der Waals surface area contributed by atoms with Gasteiger partial charge in [0.1, 0.15) is 18.9 Å². The van der Waals surface area contributed by atoms with Crippen LogP contribution in [-0.2, 0) is 17.9 Å². The Bertz CT molecular complexity index is 860. The highest BCUT2D eigenvalue weighted by Crippen LogP contribution is 2.38. The van der Waals surface area contributed by atoms with E-state index in [1.54, 1.807) is 10.9 Å². The molecular weight excluding hydrogens is 388 g/mol. The maximum Gasteiger partial charge on any atom is 0.241 e. The smallest absolute Gasteiger partial charge is 0.241 e. The molecule has 4 rings (SSSR count). The lowest BCUT2D eigenvalue weighted by Gasteiger charge is -2.31. The van der Waals surface area contributed by atoms with Gasteiger partial charge in [-0.1, -0.05) is 30.9 Å². The summed E-state index contributed by atoms with van der Waals surface area (Å²) in [5.74, 6) is 0.751. The topological polar surface area (TPSA) is 59.4 Å². The minimum atomic E-state index is -0.0220. The van der Waals surface area contributed by atoms with Crippen molar-refractivity contribution in [3.05, 3.63) is 35.0 Å². The van der Waals surface area contributed by atoms with Crippen LogP contribution in [0.2, 0.25) is 5.02 Å². The van der Waals surface area contributed by atoms with Crippen molar-refractivity contribution in [1.82, 2.24) is 20.0 Å². The lowest BCUT2D eigenvalue weighted by atomic mass is 9.94. The van der Waals surface area contributed by atoms with Gasteiger partial charge >= 0.3 is 0 Å². The van der Waals surface area contributed by atoms with E-state index in [0.29, 0.717) is 24.2 Å². The fourth-order valence-electron chi connectivity index (χ4n) is 4.38. The molecule has 1 fully saturated rings. The van der Waals surface area contributed by atoms with Crippen molar-refractivity contribution in [2.75, 3.05) is 20.1 Å². The number of nitrogens with zero attached hydrogens (tertiary/aromatic N) is 3. The van der Waals surface area contributed by atoms with Crippen molar-refractivity contribution in [3.63, 3.8) is 0 Å². The summed E-state index contributed by atoms with van der Waals surface area (Å²) in [6.45, 7) is 2.36. The number of carbonyl (C=O) groups excluding carboxylic acids is 1. The van der Waals surface area contributed by atoms with E-state index in [-0.39, 0.29) is 12.5 Å². The number of hydrogen-bond acceptors (Lipinski definition) is 4. The van der Waals surface area contributed by atoms with Gasteiger partial charge in [-0.25, -0.2) is 0 Å². The van der Waals surface area contributed by atoms with Gasteiger partial charge in [-0.2, -0.15) is 5.10 Å². The molecule has 0 bridgehead atoms. The Balaban J connectivity index is 1.29. The second kappa shape index (κ2) is 9.18. The summed E-state index contributed by atoms with van der Waals surface area (Å²) < 4.78 is 7.50. The Morgan fingerprint density at radius 2 is 2.17 bits per heavy atom.